The van der Waals surface area contributed by atoms with Crippen LogP contribution in [0.1, 0.15) is 64.0 Å². The summed E-state index contributed by atoms with van der Waals surface area (Å²) in [7, 11) is 0. The molecule has 0 amide bonds. The van der Waals surface area contributed by atoms with Crippen LogP contribution in [0.25, 0.3) is 0 Å². The van der Waals surface area contributed by atoms with Gasteiger partial charge in [0.2, 0.25) is 0 Å². The molecule has 1 aromatic carbocycles. The van der Waals surface area contributed by atoms with Gasteiger partial charge in [-0.2, -0.15) is 0 Å². The fraction of sp³-hybridized carbons (Fsp3) is 0.684. The number of ether oxygens (including phenoxy) is 1. The molecule has 0 spiro atoms. The topological polar surface area (TPSA) is 53.5 Å². The fourth-order valence-corrected chi connectivity index (χ4v) is 3.13. The molecule has 1 heterocycles. The molecule has 130 valence electrons. The van der Waals surface area contributed by atoms with Crippen molar-refractivity contribution in [2.75, 3.05) is 13.2 Å². The van der Waals surface area contributed by atoms with Crippen molar-refractivity contribution in [3.05, 3.63) is 29.8 Å². The minimum absolute atomic E-state index is 0.114. The molecule has 1 saturated heterocycles. The van der Waals surface area contributed by atoms with Gasteiger partial charge in [-0.25, -0.2) is 5.43 Å². The highest BCUT2D eigenvalue weighted by molar-refractivity contribution is 5.30. The second-order valence-electron chi connectivity index (χ2n) is 6.60. The first-order valence-electron chi connectivity index (χ1n) is 9.11. The third-order valence-electron chi connectivity index (χ3n) is 4.79. The molecule has 0 bridgehead atoms. The predicted molar refractivity (Wildman–Crippen MR) is 94.4 cm³/mol. The van der Waals surface area contributed by atoms with E-state index in [1.807, 2.05) is 12.1 Å². The number of rotatable bonds is 10. The first-order chi connectivity index (χ1) is 11.3. The highest BCUT2D eigenvalue weighted by Gasteiger charge is 2.32. The summed E-state index contributed by atoms with van der Waals surface area (Å²) in [5.74, 6) is 1.30. The molecule has 3 N–H and O–H groups in total. The molecular weight excluding hydrogens is 288 g/mol. The van der Waals surface area contributed by atoms with E-state index in [0.717, 1.165) is 18.8 Å². The monoisotopic (exact) mass is 320 g/mol. The average molecular weight is 320 g/mol. The van der Waals surface area contributed by atoms with Crippen molar-refractivity contribution in [1.29, 1.82) is 0 Å². The lowest BCUT2D eigenvalue weighted by atomic mass is 9.91. The van der Waals surface area contributed by atoms with Crippen molar-refractivity contribution < 1.29 is 9.84 Å². The molecule has 1 fully saturated rings. The Morgan fingerprint density at radius 3 is 2.35 bits per heavy atom. The van der Waals surface area contributed by atoms with Crippen LogP contribution in [0.5, 0.6) is 5.75 Å². The van der Waals surface area contributed by atoms with Gasteiger partial charge in [-0.05, 0) is 30.0 Å². The number of benzene rings is 1. The summed E-state index contributed by atoms with van der Waals surface area (Å²) in [6.45, 7) is 5.36. The Morgan fingerprint density at radius 1 is 1.00 bits per heavy atom. The third kappa shape index (κ3) is 5.48. The zero-order valence-electron chi connectivity index (χ0n) is 14.6. The number of hydrogen-bond acceptors (Lipinski definition) is 4. The number of nitrogens with one attached hydrogen (secondary N) is 2. The summed E-state index contributed by atoms with van der Waals surface area (Å²) in [6, 6.07) is 8.68. The molecule has 1 aliphatic heterocycles. The summed E-state index contributed by atoms with van der Waals surface area (Å²) in [6.07, 6.45) is 7.71. The van der Waals surface area contributed by atoms with Crippen molar-refractivity contribution in [1.82, 2.24) is 10.9 Å². The predicted octanol–water partition coefficient (Wildman–Crippen LogP) is 3.57. The summed E-state index contributed by atoms with van der Waals surface area (Å²) in [4.78, 5) is 0. The zero-order valence-corrected chi connectivity index (χ0v) is 14.6. The molecule has 1 aromatic rings. The lowest BCUT2D eigenvalue weighted by Crippen LogP contribution is -2.34. The van der Waals surface area contributed by atoms with E-state index in [2.05, 4.69) is 36.8 Å². The molecule has 0 aromatic heterocycles. The van der Waals surface area contributed by atoms with Crippen LogP contribution in [0.15, 0.2) is 24.3 Å². The third-order valence-corrected chi connectivity index (χ3v) is 4.79. The van der Waals surface area contributed by atoms with Gasteiger partial charge in [-0.15, -0.1) is 0 Å². The van der Waals surface area contributed by atoms with Gasteiger partial charge in [0.15, 0.2) is 0 Å². The van der Waals surface area contributed by atoms with Crippen molar-refractivity contribution in [2.24, 2.45) is 5.92 Å². The van der Waals surface area contributed by atoms with Crippen LogP contribution < -0.4 is 15.6 Å². The van der Waals surface area contributed by atoms with E-state index in [9.17, 15) is 5.11 Å². The van der Waals surface area contributed by atoms with E-state index in [0.29, 0.717) is 5.92 Å². The molecule has 4 nitrogen and oxygen atoms in total. The normalized spacial score (nSPS) is 24.0. The van der Waals surface area contributed by atoms with Crippen molar-refractivity contribution in [2.45, 2.75) is 64.5 Å². The Bertz CT molecular complexity index is 436. The van der Waals surface area contributed by atoms with Crippen LogP contribution in [0.4, 0.5) is 0 Å². The highest BCUT2D eigenvalue weighted by atomic mass is 16.5. The molecular formula is C19H32N2O2. The van der Waals surface area contributed by atoms with E-state index < -0.39 is 0 Å². The summed E-state index contributed by atoms with van der Waals surface area (Å²) >= 11 is 0. The van der Waals surface area contributed by atoms with E-state index in [1.54, 1.807) is 0 Å². The number of aliphatic hydroxyl groups is 1. The second kappa shape index (κ2) is 9.91. The van der Waals surface area contributed by atoms with E-state index in [4.69, 9.17) is 4.74 Å². The van der Waals surface area contributed by atoms with E-state index in [-0.39, 0.29) is 18.7 Å². The van der Waals surface area contributed by atoms with Crippen LogP contribution >= 0.6 is 0 Å². The second-order valence-corrected chi connectivity index (χ2v) is 6.60. The van der Waals surface area contributed by atoms with Crippen molar-refractivity contribution in [3.8, 4) is 5.75 Å². The van der Waals surface area contributed by atoms with Crippen LogP contribution in [0.2, 0.25) is 0 Å². The summed E-state index contributed by atoms with van der Waals surface area (Å²) < 4.78 is 5.82. The molecule has 4 heteroatoms. The van der Waals surface area contributed by atoms with Gasteiger partial charge in [-0.3, -0.25) is 5.43 Å². The molecule has 2 rings (SSSR count). The van der Waals surface area contributed by atoms with Gasteiger partial charge < -0.3 is 9.84 Å². The first kappa shape index (κ1) is 18.2. The van der Waals surface area contributed by atoms with E-state index >= 15 is 0 Å². The maximum atomic E-state index is 9.31. The van der Waals surface area contributed by atoms with Gasteiger partial charge in [0.25, 0.3) is 0 Å². The molecule has 3 unspecified atom stereocenters. The molecule has 0 aliphatic carbocycles. The fourth-order valence-electron chi connectivity index (χ4n) is 3.13. The maximum Gasteiger partial charge on any atom is 0.119 e. The van der Waals surface area contributed by atoms with Gasteiger partial charge in [0, 0.05) is 6.04 Å². The number of unbranched alkanes of at least 4 members (excludes halogenated alkanes) is 5. The molecule has 0 radical (unpaired) electrons. The molecule has 1 aliphatic rings. The zero-order chi connectivity index (χ0) is 16.5. The first-order valence-corrected chi connectivity index (χ1v) is 9.11. The van der Waals surface area contributed by atoms with Gasteiger partial charge >= 0.3 is 0 Å². The Hall–Kier alpha value is -1.10. The SMILES string of the molecule is CCCCCCCCOc1ccc(C2NNC(CO)C2C)cc1. The Kier molecular flexibility index (Phi) is 7.86. The Morgan fingerprint density at radius 2 is 1.70 bits per heavy atom. The minimum atomic E-state index is 0.114. The average Bonchev–Trinajstić information content (AvgIpc) is 2.95. The van der Waals surface area contributed by atoms with Crippen molar-refractivity contribution >= 4 is 0 Å². The smallest absolute Gasteiger partial charge is 0.119 e. The quantitative estimate of drug-likeness (QED) is 0.577. The van der Waals surface area contributed by atoms with Gasteiger partial charge in [0.1, 0.15) is 5.75 Å². The molecule has 23 heavy (non-hydrogen) atoms. The number of aliphatic hydroxyl groups excluding tert-OH is 1. The molecule has 3 atom stereocenters. The van der Waals surface area contributed by atoms with Crippen LogP contribution in [-0.4, -0.2) is 24.4 Å². The number of hydrogen-bond donors (Lipinski definition) is 3. The standard InChI is InChI=1S/C19H32N2O2/c1-3-4-5-6-7-8-13-23-17-11-9-16(10-12-17)19-15(2)18(14-22)20-21-19/h9-12,15,18-22H,3-8,13-14H2,1-2H3. The maximum absolute atomic E-state index is 9.31. The minimum Gasteiger partial charge on any atom is -0.494 e. The van der Waals surface area contributed by atoms with E-state index in [1.165, 1.54) is 37.7 Å². The van der Waals surface area contributed by atoms with Gasteiger partial charge in [0.05, 0.1) is 19.3 Å². The summed E-state index contributed by atoms with van der Waals surface area (Å²) in [5.41, 5.74) is 7.65. The van der Waals surface area contributed by atoms with Crippen molar-refractivity contribution in [3.63, 3.8) is 0 Å². The summed E-state index contributed by atoms with van der Waals surface area (Å²) in [5, 5.41) is 9.31. The lowest BCUT2D eigenvalue weighted by Gasteiger charge is -2.17. The lowest BCUT2D eigenvalue weighted by molar-refractivity contribution is 0.228. The van der Waals surface area contributed by atoms with Crippen LogP contribution in [-0.2, 0) is 0 Å². The number of hydrazine groups is 1. The van der Waals surface area contributed by atoms with Crippen LogP contribution in [0.3, 0.4) is 0 Å². The Labute approximate surface area is 140 Å². The highest BCUT2D eigenvalue weighted by Crippen LogP contribution is 2.29. The Balaban J connectivity index is 1.70. The largest absolute Gasteiger partial charge is 0.494 e. The van der Waals surface area contributed by atoms with Gasteiger partial charge in [-0.1, -0.05) is 58.1 Å². The molecule has 0 saturated carbocycles. The van der Waals surface area contributed by atoms with Crippen LogP contribution in [0, 0.1) is 5.92 Å².